The molecule has 0 amide bonds. The second kappa shape index (κ2) is 12.2. The summed E-state index contributed by atoms with van der Waals surface area (Å²) in [5.74, 6) is 1.59. The number of benzene rings is 6. The number of nitrogens with zero attached hydrogens (tertiary/aromatic N) is 3. The lowest BCUT2D eigenvalue weighted by molar-refractivity contribution is -0.633. The molecule has 0 radical (unpaired) electrons. The van der Waals surface area contributed by atoms with Crippen LogP contribution in [0.5, 0.6) is 0 Å². The fourth-order valence-electron chi connectivity index (χ4n) is 7.58. The Morgan fingerprint density at radius 1 is 0.660 bits per heavy atom. The third-order valence-electron chi connectivity index (χ3n) is 10.2. The molecule has 50 heavy (non-hydrogen) atoms. The summed E-state index contributed by atoms with van der Waals surface area (Å²) in [6.07, 6.45) is 0. The Bertz CT molecular complexity index is 2580. The van der Waals surface area contributed by atoms with Crippen molar-refractivity contribution in [2.75, 3.05) is 0 Å². The molecule has 4 nitrogen and oxygen atoms in total. The van der Waals surface area contributed by atoms with Crippen molar-refractivity contribution in [2.45, 2.75) is 46.5 Å². The average Bonchev–Trinajstić information content (AvgIpc) is 3.65. The van der Waals surface area contributed by atoms with Gasteiger partial charge >= 0.3 is 0 Å². The first-order valence-electron chi connectivity index (χ1n) is 17.4. The van der Waals surface area contributed by atoms with Crippen LogP contribution in [-0.2, 0) is 7.05 Å². The van der Waals surface area contributed by atoms with Crippen molar-refractivity contribution in [3.63, 3.8) is 0 Å². The average molecular weight is 651 g/mol. The molecule has 8 aromatic rings. The summed E-state index contributed by atoms with van der Waals surface area (Å²) in [6.45, 7) is 11.4. The van der Waals surface area contributed by atoms with Crippen molar-refractivity contribution < 1.29 is 8.98 Å². The van der Waals surface area contributed by atoms with E-state index in [9.17, 15) is 5.26 Å². The number of rotatable bonds is 6. The van der Waals surface area contributed by atoms with Crippen LogP contribution in [0.3, 0.4) is 0 Å². The molecule has 0 bridgehead atoms. The molecule has 8 rings (SSSR count). The SMILES string of the molecule is Cc1ccc2c(oc3ccc(C#N)cc32)c1-c1n(-c2c(C(C)C)cc(-c3ccc(-c4ccccc4)cc3)cc2C(C)C)c2ccccc2[n+]1C. The lowest BCUT2D eigenvalue weighted by Gasteiger charge is -2.21. The maximum atomic E-state index is 9.67. The van der Waals surface area contributed by atoms with Crippen LogP contribution in [0.4, 0.5) is 0 Å². The van der Waals surface area contributed by atoms with Gasteiger partial charge in [-0.2, -0.15) is 9.83 Å². The highest BCUT2D eigenvalue weighted by Gasteiger charge is 2.34. The first kappa shape index (κ1) is 31.4. The summed E-state index contributed by atoms with van der Waals surface area (Å²) in [5, 5.41) is 11.6. The summed E-state index contributed by atoms with van der Waals surface area (Å²) >= 11 is 0. The maximum absolute atomic E-state index is 9.67. The molecular formula is C46H40N3O+. The number of para-hydroxylation sites is 2. The summed E-state index contributed by atoms with van der Waals surface area (Å²) in [5.41, 5.74) is 15.4. The van der Waals surface area contributed by atoms with Crippen LogP contribution >= 0.6 is 0 Å². The van der Waals surface area contributed by atoms with Gasteiger partial charge in [0.1, 0.15) is 16.8 Å². The molecular weight excluding hydrogens is 611 g/mol. The number of aromatic nitrogens is 2. The highest BCUT2D eigenvalue weighted by atomic mass is 16.3. The molecule has 4 heteroatoms. The van der Waals surface area contributed by atoms with Gasteiger partial charge < -0.3 is 4.42 Å². The molecule has 0 aliphatic heterocycles. The summed E-state index contributed by atoms with van der Waals surface area (Å²) in [6, 6.07) is 45.3. The van der Waals surface area contributed by atoms with Crippen molar-refractivity contribution in [3.05, 3.63) is 144 Å². The number of nitriles is 1. The smallest absolute Gasteiger partial charge is 0.299 e. The van der Waals surface area contributed by atoms with Gasteiger partial charge in [-0.15, -0.1) is 0 Å². The zero-order chi connectivity index (χ0) is 34.7. The minimum atomic E-state index is 0.262. The van der Waals surface area contributed by atoms with E-state index in [1.165, 1.54) is 39.1 Å². The van der Waals surface area contributed by atoms with E-state index in [0.717, 1.165) is 49.9 Å². The molecule has 0 saturated carbocycles. The molecule has 0 atom stereocenters. The number of hydrogen-bond acceptors (Lipinski definition) is 2. The lowest BCUT2D eigenvalue weighted by Crippen LogP contribution is -2.30. The fraction of sp³-hybridized carbons (Fsp3) is 0.174. The molecule has 0 saturated heterocycles. The van der Waals surface area contributed by atoms with E-state index in [1.807, 2.05) is 18.2 Å². The topological polar surface area (TPSA) is 45.7 Å². The van der Waals surface area contributed by atoms with Crippen LogP contribution in [0.1, 0.15) is 61.8 Å². The summed E-state index contributed by atoms with van der Waals surface area (Å²) in [7, 11) is 2.16. The van der Waals surface area contributed by atoms with Gasteiger partial charge in [0, 0.05) is 21.9 Å². The Morgan fingerprint density at radius 2 is 1.28 bits per heavy atom. The number of hydrogen-bond donors (Lipinski definition) is 0. The second-order valence-electron chi connectivity index (χ2n) is 14.0. The van der Waals surface area contributed by atoms with E-state index in [2.05, 4.69) is 160 Å². The fourth-order valence-corrected chi connectivity index (χ4v) is 7.58. The van der Waals surface area contributed by atoms with Crippen LogP contribution in [0.2, 0.25) is 0 Å². The van der Waals surface area contributed by atoms with Gasteiger partial charge in [-0.25, -0.2) is 4.57 Å². The van der Waals surface area contributed by atoms with Crippen LogP contribution in [0.15, 0.2) is 126 Å². The van der Waals surface area contributed by atoms with Crippen molar-refractivity contribution in [3.8, 4) is 45.4 Å². The number of furan rings is 1. The molecule has 0 unspecified atom stereocenters. The Labute approximate surface area is 293 Å². The quantitative estimate of drug-likeness (QED) is 0.168. The molecule has 6 aromatic carbocycles. The zero-order valence-corrected chi connectivity index (χ0v) is 29.5. The molecule has 0 fully saturated rings. The van der Waals surface area contributed by atoms with E-state index in [1.54, 1.807) is 0 Å². The van der Waals surface area contributed by atoms with Crippen LogP contribution < -0.4 is 4.57 Å². The molecule has 2 aromatic heterocycles. The summed E-state index contributed by atoms with van der Waals surface area (Å²) < 4.78 is 11.5. The highest BCUT2D eigenvalue weighted by molar-refractivity contribution is 6.10. The van der Waals surface area contributed by atoms with Crippen LogP contribution in [0, 0.1) is 18.3 Å². The standard InChI is InChI=1S/C46H40N3O/c1-28(2)37-25-35(34-20-18-33(19-21-34)32-12-8-7-9-13-32)26-38(29(3)4)44(37)49-41-15-11-10-14-40(41)48(6)46(49)43-30(5)16-22-36-39-24-31(27-47)17-23-42(39)50-45(36)43/h7-26,28-29H,1-6H3/q+1. The van der Waals surface area contributed by atoms with E-state index in [-0.39, 0.29) is 11.8 Å². The largest absolute Gasteiger partial charge is 0.455 e. The third-order valence-corrected chi connectivity index (χ3v) is 10.2. The summed E-state index contributed by atoms with van der Waals surface area (Å²) in [4.78, 5) is 0. The number of fused-ring (bicyclic) bond motifs is 4. The van der Waals surface area contributed by atoms with Crippen LogP contribution in [-0.4, -0.2) is 4.57 Å². The first-order valence-corrected chi connectivity index (χ1v) is 17.4. The van der Waals surface area contributed by atoms with Crippen molar-refractivity contribution in [2.24, 2.45) is 7.05 Å². The zero-order valence-electron chi connectivity index (χ0n) is 29.5. The van der Waals surface area contributed by atoms with Gasteiger partial charge in [0.2, 0.25) is 0 Å². The van der Waals surface area contributed by atoms with Gasteiger partial charge in [0.25, 0.3) is 5.82 Å². The van der Waals surface area contributed by atoms with Crippen molar-refractivity contribution in [1.29, 1.82) is 5.26 Å². The Balaban J connectivity index is 1.42. The van der Waals surface area contributed by atoms with Gasteiger partial charge in [-0.1, -0.05) is 107 Å². The highest BCUT2D eigenvalue weighted by Crippen LogP contribution is 2.43. The van der Waals surface area contributed by atoms with E-state index < -0.39 is 0 Å². The Hall–Kier alpha value is -5.92. The normalized spacial score (nSPS) is 11.7. The van der Waals surface area contributed by atoms with Crippen molar-refractivity contribution in [1.82, 2.24) is 4.57 Å². The van der Waals surface area contributed by atoms with Gasteiger partial charge in [0.15, 0.2) is 16.6 Å². The number of aryl methyl sites for hydroxylation is 2. The number of imidazole rings is 1. The molecule has 0 spiro atoms. The van der Waals surface area contributed by atoms with Gasteiger partial charge in [-0.3, -0.25) is 0 Å². The Morgan fingerprint density at radius 3 is 1.94 bits per heavy atom. The second-order valence-corrected chi connectivity index (χ2v) is 14.0. The van der Waals surface area contributed by atoms with Gasteiger partial charge in [-0.05, 0) is 89.0 Å². The van der Waals surface area contributed by atoms with Gasteiger partial charge in [0.05, 0.1) is 18.7 Å². The first-order chi connectivity index (χ1) is 24.2. The molecule has 0 aliphatic rings. The monoisotopic (exact) mass is 650 g/mol. The van der Waals surface area contributed by atoms with E-state index >= 15 is 0 Å². The molecule has 244 valence electrons. The maximum Gasteiger partial charge on any atom is 0.299 e. The molecule has 0 aliphatic carbocycles. The van der Waals surface area contributed by atoms with E-state index in [4.69, 9.17) is 4.42 Å². The van der Waals surface area contributed by atoms with Crippen LogP contribution in [0.25, 0.3) is 72.3 Å². The predicted molar refractivity (Wildman–Crippen MR) is 206 cm³/mol. The van der Waals surface area contributed by atoms with Crippen molar-refractivity contribution >= 4 is 33.0 Å². The molecule has 2 heterocycles. The Kier molecular flexibility index (Phi) is 7.65. The predicted octanol–water partition coefficient (Wildman–Crippen LogP) is 11.8. The minimum absolute atomic E-state index is 0.262. The lowest BCUT2D eigenvalue weighted by atomic mass is 9.87. The minimum Gasteiger partial charge on any atom is -0.455 e. The molecule has 0 N–H and O–H groups in total. The van der Waals surface area contributed by atoms with E-state index in [0.29, 0.717) is 5.56 Å². The third kappa shape index (κ3) is 5.01.